The van der Waals surface area contributed by atoms with Crippen molar-refractivity contribution >= 4 is 60.4 Å². The van der Waals surface area contributed by atoms with Gasteiger partial charge in [0.25, 0.3) is 0 Å². The van der Waals surface area contributed by atoms with Crippen LogP contribution in [-0.2, 0) is 5.41 Å². The van der Waals surface area contributed by atoms with E-state index in [1.54, 1.807) is 0 Å². The maximum Gasteiger partial charge on any atom is 0.0543 e. The number of aromatic nitrogens is 1. The molecule has 12 rings (SSSR count). The van der Waals surface area contributed by atoms with Crippen LogP contribution in [0.4, 0.5) is 17.1 Å². The lowest BCUT2D eigenvalue weighted by molar-refractivity contribution is 0.435. The molecule has 1 atom stereocenters. The minimum Gasteiger partial charge on any atom is -0.310 e. The highest BCUT2D eigenvalue weighted by atomic mass is 15.1. The maximum atomic E-state index is 2.63. The van der Waals surface area contributed by atoms with E-state index >= 15 is 0 Å². The summed E-state index contributed by atoms with van der Waals surface area (Å²) in [5, 5.41) is 7.53. The number of rotatable bonds is 11. The molecule has 68 heavy (non-hydrogen) atoms. The van der Waals surface area contributed by atoms with Gasteiger partial charge in [0.1, 0.15) is 0 Å². The van der Waals surface area contributed by atoms with E-state index in [1.807, 2.05) is 0 Å². The number of anilines is 3. The minimum atomic E-state index is -0.164. The van der Waals surface area contributed by atoms with Crippen molar-refractivity contribution in [1.29, 1.82) is 0 Å². The summed E-state index contributed by atoms with van der Waals surface area (Å²) in [7, 11) is 0. The molecule has 10 aromatic carbocycles. The van der Waals surface area contributed by atoms with Crippen LogP contribution in [0.1, 0.15) is 84.4 Å². The van der Waals surface area contributed by atoms with E-state index in [2.05, 4.69) is 249 Å². The lowest BCUT2D eigenvalue weighted by atomic mass is 9.70. The fraction of sp³-hybridized carbons (Fsp3) is 0.152. The van der Waals surface area contributed by atoms with Crippen LogP contribution < -0.4 is 4.90 Å². The number of hydrogen-bond acceptors (Lipinski definition) is 1. The third-order valence-corrected chi connectivity index (χ3v) is 15.2. The number of para-hydroxylation sites is 2. The first kappa shape index (κ1) is 41.7. The molecule has 0 fully saturated rings. The molecule has 1 unspecified atom stereocenters. The molecule has 1 aromatic heterocycles. The number of hydrogen-bond donors (Lipinski definition) is 0. The molecule has 330 valence electrons. The molecule has 2 nitrogen and oxygen atoms in total. The highest BCUT2D eigenvalue weighted by Gasteiger charge is 2.44. The zero-order valence-electron chi connectivity index (χ0n) is 39.5. The van der Waals surface area contributed by atoms with Crippen molar-refractivity contribution < 1.29 is 0 Å². The van der Waals surface area contributed by atoms with E-state index in [9.17, 15) is 0 Å². The first-order valence-corrected chi connectivity index (χ1v) is 24.7. The summed E-state index contributed by atoms with van der Waals surface area (Å²) >= 11 is 0. The Kier molecular flexibility index (Phi) is 10.4. The molecule has 11 aromatic rings. The molecule has 1 aliphatic rings. The van der Waals surface area contributed by atoms with Crippen molar-refractivity contribution in [3.05, 3.63) is 251 Å². The Hall–Kier alpha value is -7.68. The van der Waals surface area contributed by atoms with Gasteiger partial charge in [-0.05, 0) is 136 Å². The van der Waals surface area contributed by atoms with E-state index in [1.165, 1.54) is 105 Å². The largest absolute Gasteiger partial charge is 0.310 e. The Morgan fingerprint density at radius 2 is 1.07 bits per heavy atom. The van der Waals surface area contributed by atoms with Crippen LogP contribution >= 0.6 is 0 Å². The van der Waals surface area contributed by atoms with Crippen molar-refractivity contribution in [2.75, 3.05) is 4.90 Å². The van der Waals surface area contributed by atoms with E-state index in [-0.39, 0.29) is 11.3 Å². The molecule has 1 heterocycles. The standard InChI is InChI=1S/C66H56N2/c1-5-39-66(40-6-2)57-41-48(64(47-24-9-7-10-25-47)63-44(3)21-19-22-45(63)4)35-37-55(57)65-54-32-16-15-30-52(54)62(43-58(65)66)67(49-27-11-8-12-28-49)50-36-38-61-56(42-50)53-31-17-18-33-60(53)68(61)59-34-20-26-46-23-13-14-29-51(46)59/h7-38,41-43,64H,5-6,39-40H2,1-4H3. The summed E-state index contributed by atoms with van der Waals surface area (Å²) < 4.78 is 2.46. The van der Waals surface area contributed by atoms with Gasteiger partial charge < -0.3 is 9.47 Å². The van der Waals surface area contributed by atoms with E-state index < -0.39 is 0 Å². The Morgan fingerprint density at radius 1 is 0.456 bits per heavy atom. The Bertz CT molecular complexity index is 3660. The first-order chi connectivity index (χ1) is 33.5. The van der Waals surface area contributed by atoms with Gasteiger partial charge in [-0.15, -0.1) is 0 Å². The summed E-state index contributed by atoms with van der Waals surface area (Å²) in [6.45, 7) is 9.33. The fourth-order valence-electron chi connectivity index (χ4n) is 12.4. The van der Waals surface area contributed by atoms with Gasteiger partial charge in [-0.3, -0.25) is 0 Å². The highest BCUT2D eigenvalue weighted by Crippen LogP contribution is 2.59. The molecule has 0 N–H and O–H groups in total. The van der Waals surface area contributed by atoms with Crippen LogP contribution in [0.3, 0.4) is 0 Å². The summed E-state index contributed by atoms with van der Waals surface area (Å²) in [4.78, 5) is 2.54. The lowest BCUT2D eigenvalue weighted by Crippen LogP contribution is -2.26. The number of benzene rings is 10. The third kappa shape index (κ3) is 6.53. The quantitative estimate of drug-likeness (QED) is 0.118. The van der Waals surface area contributed by atoms with Crippen molar-refractivity contribution in [2.45, 2.75) is 64.7 Å². The molecule has 0 amide bonds. The van der Waals surface area contributed by atoms with Gasteiger partial charge in [-0.2, -0.15) is 0 Å². The molecule has 2 heteroatoms. The van der Waals surface area contributed by atoms with E-state index in [0.29, 0.717) is 0 Å². The van der Waals surface area contributed by atoms with Crippen LogP contribution in [0.2, 0.25) is 0 Å². The summed E-state index contributed by atoms with van der Waals surface area (Å²) in [6.07, 6.45) is 4.33. The molecule has 1 aliphatic carbocycles. The Morgan fingerprint density at radius 3 is 1.82 bits per heavy atom. The average molecular weight is 877 g/mol. The smallest absolute Gasteiger partial charge is 0.0543 e. The lowest BCUT2D eigenvalue weighted by Gasteiger charge is -2.34. The minimum absolute atomic E-state index is 0.120. The van der Waals surface area contributed by atoms with Crippen LogP contribution in [0.5, 0.6) is 0 Å². The number of fused-ring (bicyclic) bond motifs is 9. The SMILES string of the molecule is CCCC1(CCC)c2cc(C(c3ccccc3)c3c(C)cccc3C)ccc2-c2c1cc(N(c1ccccc1)c1ccc3c(c1)c1ccccc1n3-c1cccc3ccccc13)c1ccccc21. The zero-order valence-corrected chi connectivity index (χ0v) is 39.5. The first-order valence-electron chi connectivity index (χ1n) is 24.7. The van der Waals surface area contributed by atoms with Crippen LogP contribution in [0, 0.1) is 13.8 Å². The van der Waals surface area contributed by atoms with Gasteiger partial charge in [0.05, 0.1) is 22.4 Å². The van der Waals surface area contributed by atoms with Gasteiger partial charge in [0.15, 0.2) is 0 Å². The molecule has 0 spiro atoms. The average Bonchev–Trinajstić information content (AvgIpc) is 3.84. The molecule has 0 aliphatic heterocycles. The second-order valence-electron chi connectivity index (χ2n) is 19.1. The van der Waals surface area contributed by atoms with E-state index in [4.69, 9.17) is 0 Å². The van der Waals surface area contributed by atoms with Crippen LogP contribution in [0.15, 0.2) is 212 Å². The van der Waals surface area contributed by atoms with Gasteiger partial charge in [0.2, 0.25) is 0 Å². The van der Waals surface area contributed by atoms with Crippen LogP contribution in [-0.4, -0.2) is 4.57 Å². The summed E-state index contributed by atoms with van der Waals surface area (Å²) in [5.74, 6) is 0.120. The predicted molar refractivity (Wildman–Crippen MR) is 290 cm³/mol. The number of aryl methyl sites for hydroxylation is 2. The highest BCUT2D eigenvalue weighted by molar-refractivity contribution is 6.14. The van der Waals surface area contributed by atoms with Crippen molar-refractivity contribution in [1.82, 2.24) is 4.57 Å². The molecule has 0 bridgehead atoms. The molecule has 0 saturated carbocycles. The van der Waals surface area contributed by atoms with Crippen LogP contribution in [0.25, 0.3) is 60.2 Å². The van der Waals surface area contributed by atoms with Gasteiger partial charge >= 0.3 is 0 Å². The van der Waals surface area contributed by atoms with Gasteiger partial charge in [-0.1, -0.05) is 190 Å². The molecule has 0 radical (unpaired) electrons. The third-order valence-electron chi connectivity index (χ3n) is 15.2. The Balaban J connectivity index is 1.10. The molecule has 0 saturated heterocycles. The number of nitrogens with zero attached hydrogens (tertiary/aromatic N) is 2. The van der Waals surface area contributed by atoms with Gasteiger partial charge in [0, 0.05) is 44.3 Å². The van der Waals surface area contributed by atoms with Crippen molar-refractivity contribution in [2.24, 2.45) is 0 Å². The normalized spacial score (nSPS) is 13.3. The zero-order chi connectivity index (χ0) is 45.9. The van der Waals surface area contributed by atoms with Crippen molar-refractivity contribution in [3.63, 3.8) is 0 Å². The molecular weight excluding hydrogens is 821 g/mol. The monoisotopic (exact) mass is 876 g/mol. The van der Waals surface area contributed by atoms with Gasteiger partial charge in [-0.25, -0.2) is 0 Å². The second-order valence-corrected chi connectivity index (χ2v) is 19.1. The second kappa shape index (κ2) is 16.9. The molecular formula is C66H56N2. The topological polar surface area (TPSA) is 8.17 Å². The van der Waals surface area contributed by atoms with E-state index in [0.717, 1.165) is 37.1 Å². The summed E-state index contributed by atoms with van der Waals surface area (Å²) in [6, 6.07) is 79.8. The fourth-order valence-corrected chi connectivity index (χ4v) is 12.4. The summed E-state index contributed by atoms with van der Waals surface area (Å²) in [5.41, 5.74) is 19.4. The maximum absolute atomic E-state index is 2.63. The predicted octanol–water partition coefficient (Wildman–Crippen LogP) is 18.2. The van der Waals surface area contributed by atoms with Crippen molar-refractivity contribution in [3.8, 4) is 16.8 Å². The Labute approximate surface area is 400 Å².